The summed E-state index contributed by atoms with van der Waals surface area (Å²) < 4.78 is 44.0. The summed E-state index contributed by atoms with van der Waals surface area (Å²) in [6.07, 6.45) is -0.116. The summed E-state index contributed by atoms with van der Waals surface area (Å²) in [5.74, 6) is 0.443. The molecule has 2 aliphatic rings. The molecule has 192 valence electrons. The van der Waals surface area contributed by atoms with Crippen molar-refractivity contribution in [2.24, 2.45) is 0 Å². The van der Waals surface area contributed by atoms with Crippen molar-refractivity contribution in [1.82, 2.24) is 9.80 Å². The van der Waals surface area contributed by atoms with Crippen molar-refractivity contribution in [1.29, 1.82) is 0 Å². The third-order valence-electron chi connectivity index (χ3n) is 6.89. The zero-order valence-electron chi connectivity index (χ0n) is 20.5. The number of ether oxygens (including phenoxy) is 1. The molecule has 0 unspecified atom stereocenters. The number of methoxy groups -OCH3 is 1. The number of benzene rings is 3. The Morgan fingerprint density at radius 2 is 1.68 bits per heavy atom. The van der Waals surface area contributed by atoms with Crippen molar-refractivity contribution < 1.29 is 22.7 Å². The highest BCUT2D eigenvalue weighted by atomic mass is 19.4. The Morgan fingerprint density at radius 3 is 2.38 bits per heavy atom. The van der Waals surface area contributed by atoms with Gasteiger partial charge in [0.2, 0.25) is 0 Å². The Hall–Kier alpha value is -3.78. The van der Waals surface area contributed by atoms with Crippen LogP contribution in [0.2, 0.25) is 0 Å². The number of nitrogens with zero attached hydrogens (tertiary/aromatic N) is 3. The molecule has 0 aromatic heterocycles. The SMILES string of the molecule is COc1cc(N2CC=Cc3ccccc32)ccc1C(=O)N1CCN(Cc2ccc(C(F)(F)F)cc2)CC1. The molecule has 0 bridgehead atoms. The molecule has 2 aliphatic heterocycles. The van der Waals surface area contributed by atoms with E-state index in [0.717, 1.165) is 41.2 Å². The van der Waals surface area contributed by atoms with Gasteiger partial charge in [0.05, 0.1) is 18.2 Å². The van der Waals surface area contributed by atoms with Crippen LogP contribution in [0.5, 0.6) is 5.75 Å². The largest absolute Gasteiger partial charge is 0.496 e. The number of rotatable bonds is 5. The molecule has 0 radical (unpaired) electrons. The molecular formula is C29H28F3N3O2. The van der Waals surface area contributed by atoms with Crippen molar-refractivity contribution >= 4 is 23.4 Å². The van der Waals surface area contributed by atoms with Crippen LogP contribution >= 0.6 is 0 Å². The van der Waals surface area contributed by atoms with Gasteiger partial charge in [0.25, 0.3) is 5.91 Å². The van der Waals surface area contributed by atoms with Crippen LogP contribution in [0, 0.1) is 0 Å². The van der Waals surface area contributed by atoms with Crippen LogP contribution in [0.3, 0.4) is 0 Å². The minimum atomic E-state index is -4.33. The fraction of sp³-hybridized carbons (Fsp3) is 0.276. The Bertz CT molecular complexity index is 1300. The number of carbonyl (C=O) groups excluding carboxylic acids is 1. The summed E-state index contributed by atoms with van der Waals surface area (Å²) in [6, 6.07) is 19.1. The van der Waals surface area contributed by atoms with Crippen molar-refractivity contribution in [3.63, 3.8) is 0 Å². The van der Waals surface area contributed by atoms with Gasteiger partial charge in [0.1, 0.15) is 5.75 Å². The summed E-state index contributed by atoms with van der Waals surface area (Å²) >= 11 is 0. The van der Waals surface area contributed by atoms with Crippen molar-refractivity contribution in [2.45, 2.75) is 12.7 Å². The molecule has 1 amide bonds. The number of fused-ring (bicyclic) bond motifs is 1. The zero-order chi connectivity index (χ0) is 26.0. The Kier molecular flexibility index (Phi) is 6.93. The van der Waals surface area contributed by atoms with E-state index in [9.17, 15) is 18.0 Å². The first-order valence-electron chi connectivity index (χ1n) is 12.2. The van der Waals surface area contributed by atoms with E-state index in [-0.39, 0.29) is 5.91 Å². The number of carbonyl (C=O) groups is 1. The molecule has 2 heterocycles. The third kappa shape index (κ3) is 5.34. The van der Waals surface area contributed by atoms with Crippen LogP contribution in [0.1, 0.15) is 27.0 Å². The van der Waals surface area contributed by atoms with E-state index in [1.165, 1.54) is 12.1 Å². The Morgan fingerprint density at radius 1 is 0.946 bits per heavy atom. The summed E-state index contributed by atoms with van der Waals surface area (Å²) in [6.45, 7) is 3.63. The highest BCUT2D eigenvalue weighted by molar-refractivity contribution is 5.98. The molecule has 0 N–H and O–H groups in total. The van der Waals surface area contributed by atoms with Crippen LogP contribution in [0.4, 0.5) is 24.5 Å². The molecule has 0 atom stereocenters. The number of halogens is 3. The number of amides is 1. The maximum Gasteiger partial charge on any atom is 0.416 e. The fourth-order valence-corrected chi connectivity index (χ4v) is 4.86. The Labute approximate surface area is 214 Å². The number of anilines is 2. The predicted molar refractivity (Wildman–Crippen MR) is 138 cm³/mol. The van der Waals surface area contributed by atoms with E-state index in [1.807, 2.05) is 30.3 Å². The molecule has 1 fully saturated rings. The number of hydrogen-bond acceptors (Lipinski definition) is 4. The Balaban J connectivity index is 1.23. The second-order valence-corrected chi connectivity index (χ2v) is 9.22. The van der Waals surface area contributed by atoms with E-state index in [0.29, 0.717) is 44.0 Å². The number of para-hydroxylation sites is 1. The number of hydrogen-bond donors (Lipinski definition) is 0. The molecule has 0 aliphatic carbocycles. The highest BCUT2D eigenvalue weighted by Gasteiger charge is 2.30. The molecule has 5 nitrogen and oxygen atoms in total. The van der Waals surface area contributed by atoms with Crippen LogP contribution < -0.4 is 9.64 Å². The number of piperazine rings is 1. The topological polar surface area (TPSA) is 36.0 Å². The van der Waals surface area contributed by atoms with Gasteiger partial charge in [0.15, 0.2) is 0 Å². The average molecular weight is 508 g/mol. The van der Waals surface area contributed by atoms with E-state index >= 15 is 0 Å². The summed E-state index contributed by atoms with van der Waals surface area (Å²) in [5, 5.41) is 0. The number of alkyl halides is 3. The van der Waals surface area contributed by atoms with E-state index in [4.69, 9.17) is 4.74 Å². The van der Waals surface area contributed by atoms with Gasteiger partial charge < -0.3 is 14.5 Å². The molecule has 8 heteroatoms. The van der Waals surface area contributed by atoms with Crippen molar-refractivity contribution in [3.05, 3.63) is 95.1 Å². The smallest absolute Gasteiger partial charge is 0.416 e. The average Bonchev–Trinajstić information content (AvgIpc) is 2.92. The molecule has 3 aromatic carbocycles. The van der Waals surface area contributed by atoms with Crippen LogP contribution in [0.25, 0.3) is 6.08 Å². The molecule has 0 spiro atoms. The van der Waals surface area contributed by atoms with Gasteiger partial charge in [-0.25, -0.2) is 0 Å². The minimum absolute atomic E-state index is 0.0866. The molecule has 0 saturated carbocycles. The molecule has 5 rings (SSSR count). The van der Waals surface area contributed by atoms with Gasteiger partial charge in [0, 0.05) is 56.7 Å². The lowest BCUT2D eigenvalue weighted by Crippen LogP contribution is -2.48. The van der Waals surface area contributed by atoms with E-state index in [1.54, 1.807) is 12.0 Å². The maximum absolute atomic E-state index is 13.4. The maximum atomic E-state index is 13.4. The second-order valence-electron chi connectivity index (χ2n) is 9.22. The zero-order valence-corrected chi connectivity index (χ0v) is 20.5. The fourth-order valence-electron chi connectivity index (χ4n) is 4.86. The molecular weight excluding hydrogens is 479 g/mol. The van der Waals surface area contributed by atoms with Gasteiger partial charge in [-0.15, -0.1) is 0 Å². The lowest BCUT2D eigenvalue weighted by Gasteiger charge is -2.35. The van der Waals surface area contributed by atoms with Gasteiger partial charge >= 0.3 is 6.18 Å². The predicted octanol–water partition coefficient (Wildman–Crippen LogP) is 5.84. The van der Waals surface area contributed by atoms with Gasteiger partial charge in [-0.2, -0.15) is 13.2 Å². The normalized spacial score (nSPS) is 16.0. The third-order valence-corrected chi connectivity index (χ3v) is 6.89. The van der Waals surface area contributed by atoms with E-state index < -0.39 is 11.7 Å². The molecule has 1 saturated heterocycles. The molecule has 37 heavy (non-hydrogen) atoms. The van der Waals surface area contributed by atoms with E-state index in [2.05, 4.69) is 34.1 Å². The first-order chi connectivity index (χ1) is 17.8. The summed E-state index contributed by atoms with van der Waals surface area (Å²) in [7, 11) is 1.57. The standard InChI is InChI=1S/C29H28F3N3O2/c1-37-27-19-24(35-14-4-6-22-5-2-3-7-26(22)35)12-13-25(27)28(36)34-17-15-33(16-18-34)20-21-8-10-23(11-9-21)29(30,31)32/h2-13,19H,14-18,20H2,1H3. The van der Waals surface area contributed by atoms with Crippen molar-refractivity contribution in [3.8, 4) is 5.75 Å². The van der Waals surface area contributed by atoms with Gasteiger partial charge in [-0.3, -0.25) is 9.69 Å². The van der Waals surface area contributed by atoms with Crippen LogP contribution in [-0.2, 0) is 12.7 Å². The first kappa shape index (κ1) is 24.9. The van der Waals surface area contributed by atoms with Crippen LogP contribution in [-0.4, -0.2) is 55.5 Å². The molecule has 3 aromatic rings. The second kappa shape index (κ2) is 10.3. The minimum Gasteiger partial charge on any atom is -0.496 e. The van der Waals surface area contributed by atoms with Gasteiger partial charge in [-0.05, 0) is 41.5 Å². The lowest BCUT2D eigenvalue weighted by molar-refractivity contribution is -0.137. The van der Waals surface area contributed by atoms with Crippen molar-refractivity contribution in [2.75, 3.05) is 44.7 Å². The highest BCUT2D eigenvalue weighted by Crippen LogP contribution is 2.35. The first-order valence-corrected chi connectivity index (χ1v) is 12.2. The monoisotopic (exact) mass is 507 g/mol. The van der Waals surface area contributed by atoms with Crippen LogP contribution in [0.15, 0.2) is 72.8 Å². The lowest BCUT2D eigenvalue weighted by atomic mass is 10.1. The van der Waals surface area contributed by atoms with Gasteiger partial charge in [-0.1, -0.05) is 42.5 Å². The summed E-state index contributed by atoms with van der Waals surface area (Å²) in [4.78, 5) is 19.5. The quantitative estimate of drug-likeness (QED) is 0.435. The summed E-state index contributed by atoms with van der Waals surface area (Å²) in [5.41, 5.74) is 3.89.